The molecular weight excluding hydrogens is 245 g/mol. The standard InChI is InChI=1S/C10H7NO2Se/c12-9-6-8(10(13)11-9)14-7-4-2-1-3-5-7/h1-6H,(H,11,12,13). The quantitative estimate of drug-likeness (QED) is 0.572. The van der Waals surface area contributed by atoms with Crippen molar-refractivity contribution in [1.82, 2.24) is 5.32 Å². The molecule has 0 fully saturated rings. The van der Waals surface area contributed by atoms with Crippen molar-refractivity contribution >= 4 is 31.2 Å². The van der Waals surface area contributed by atoms with Crippen LogP contribution in [0.3, 0.4) is 0 Å². The zero-order valence-electron chi connectivity index (χ0n) is 7.19. The minimum absolute atomic E-state index is 0.0719. The average molecular weight is 252 g/mol. The van der Waals surface area contributed by atoms with Crippen molar-refractivity contribution in [2.75, 3.05) is 0 Å². The second-order valence-electron chi connectivity index (χ2n) is 2.74. The molecule has 0 spiro atoms. The van der Waals surface area contributed by atoms with Crippen LogP contribution in [0.5, 0.6) is 0 Å². The van der Waals surface area contributed by atoms with E-state index < -0.39 is 0 Å². The fourth-order valence-corrected chi connectivity index (χ4v) is 2.88. The van der Waals surface area contributed by atoms with E-state index in [1.54, 1.807) is 0 Å². The number of amides is 2. The molecule has 1 heterocycles. The Hall–Kier alpha value is -1.38. The molecule has 14 heavy (non-hydrogen) atoms. The monoisotopic (exact) mass is 253 g/mol. The third kappa shape index (κ3) is 1.92. The van der Waals surface area contributed by atoms with Crippen LogP contribution in [0.1, 0.15) is 0 Å². The molecule has 1 aromatic carbocycles. The first-order valence-corrected chi connectivity index (χ1v) is 5.77. The van der Waals surface area contributed by atoms with Gasteiger partial charge >= 0.3 is 87.0 Å². The molecule has 2 rings (SSSR count). The van der Waals surface area contributed by atoms with Gasteiger partial charge in [-0.15, -0.1) is 0 Å². The van der Waals surface area contributed by atoms with E-state index in [1.807, 2.05) is 30.3 Å². The molecule has 0 saturated carbocycles. The number of hydrogen-bond acceptors (Lipinski definition) is 2. The van der Waals surface area contributed by atoms with E-state index >= 15 is 0 Å². The van der Waals surface area contributed by atoms with Crippen LogP contribution in [0.2, 0.25) is 0 Å². The van der Waals surface area contributed by atoms with Crippen LogP contribution in [0.25, 0.3) is 0 Å². The van der Waals surface area contributed by atoms with Crippen molar-refractivity contribution in [2.45, 2.75) is 0 Å². The minimum atomic E-state index is -0.303. The topological polar surface area (TPSA) is 46.2 Å². The molecule has 0 atom stereocenters. The van der Waals surface area contributed by atoms with Crippen molar-refractivity contribution in [2.24, 2.45) is 0 Å². The molecule has 4 heteroatoms. The van der Waals surface area contributed by atoms with Gasteiger partial charge in [-0.25, -0.2) is 0 Å². The van der Waals surface area contributed by atoms with Crippen LogP contribution in [-0.2, 0) is 9.59 Å². The zero-order valence-corrected chi connectivity index (χ0v) is 8.90. The summed E-state index contributed by atoms with van der Waals surface area (Å²) in [4.78, 5) is 22.1. The van der Waals surface area contributed by atoms with E-state index in [0.717, 1.165) is 4.46 Å². The molecular formula is C10H7NO2Se. The van der Waals surface area contributed by atoms with Crippen molar-refractivity contribution in [3.63, 3.8) is 0 Å². The van der Waals surface area contributed by atoms with E-state index in [4.69, 9.17) is 0 Å². The van der Waals surface area contributed by atoms with Crippen molar-refractivity contribution in [3.05, 3.63) is 40.9 Å². The second-order valence-corrected chi connectivity index (χ2v) is 5.08. The Bertz CT molecular complexity index is 411. The van der Waals surface area contributed by atoms with Crippen LogP contribution in [0.15, 0.2) is 40.9 Å². The van der Waals surface area contributed by atoms with E-state index in [9.17, 15) is 9.59 Å². The van der Waals surface area contributed by atoms with Gasteiger partial charge in [0, 0.05) is 0 Å². The van der Waals surface area contributed by atoms with Crippen LogP contribution in [0.4, 0.5) is 0 Å². The normalized spacial score (nSPS) is 15.3. The molecule has 2 amide bonds. The Labute approximate surface area is 87.3 Å². The van der Waals surface area contributed by atoms with Gasteiger partial charge in [0.05, 0.1) is 0 Å². The predicted octanol–water partition coefficient (Wildman–Crippen LogP) is -0.444. The molecule has 3 nitrogen and oxygen atoms in total. The maximum absolute atomic E-state index is 11.2. The van der Waals surface area contributed by atoms with E-state index in [2.05, 4.69) is 5.32 Å². The molecule has 0 saturated heterocycles. The third-order valence-corrected chi connectivity index (χ3v) is 3.86. The molecule has 0 aliphatic carbocycles. The third-order valence-electron chi connectivity index (χ3n) is 1.69. The van der Waals surface area contributed by atoms with Gasteiger partial charge in [-0.2, -0.15) is 0 Å². The fraction of sp³-hybridized carbons (Fsp3) is 0. The average Bonchev–Trinajstić information content (AvgIpc) is 2.47. The summed E-state index contributed by atoms with van der Waals surface area (Å²) >= 11 is -0.0719. The summed E-state index contributed by atoms with van der Waals surface area (Å²) in [5, 5.41) is 2.23. The number of nitrogens with one attached hydrogen (secondary N) is 1. The van der Waals surface area contributed by atoms with Crippen molar-refractivity contribution in [3.8, 4) is 0 Å². The SMILES string of the molecule is O=C1C=C([Se]c2ccccc2)C(=O)N1. The van der Waals surface area contributed by atoms with Gasteiger partial charge in [-0.1, -0.05) is 0 Å². The molecule has 0 aromatic heterocycles. The number of imide groups is 1. The molecule has 1 N–H and O–H groups in total. The summed E-state index contributed by atoms with van der Waals surface area (Å²) in [6, 6.07) is 9.68. The Morgan fingerprint density at radius 3 is 2.36 bits per heavy atom. The van der Waals surface area contributed by atoms with Crippen LogP contribution >= 0.6 is 0 Å². The molecule has 0 radical (unpaired) electrons. The summed E-state index contributed by atoms with van der Waals surface area (Å²) in [6.07, 6.45) is 1.38. The summed E-state index contributed by atoms with van der Waals surface area (Å²) in [5.41, 5.74) is 0. The summed E-state index contributed by atoms with van der Waals surface area (Å²) in [5.74, 6) is -0.554. The molecule has 1 aliphatic rings. The first-order valence-electron chi connectivity index (χ1n) is 4.05. The molecule has 0 unspecified atom stereocenters. The maximum atomic E-state index is 11.2. The van der Waals surface area contributed by atoms with Gasteiger partial charge in [0.2, 0.25) is 0 Å². The van der Waals surface area contributed by atoms with Gasteiger partial charge < -0.3 is 0 Å². The first-order chi connectivity index (χ1) is 6.75. The molecule has 0 bridgehead atoms. The number of benzene rings is 1. The Morgan fingerprint density at radius 2 is 1.79 bits per heavy atom. The van der Waals surface area contributed by atoms with E-state index in [-0.39, 0.29) is 26.8 Å². The number of rotatable bonds is 2. The fourth-order valence-electron chi connectivity index (χ4n) is 1.09. The Morgan fingerprint density at radius 1 is 1.07 bits per heavy atom. The van der Waals surface area contributed by atoms with E-state index in [1.165, 1.54) is 6.08 Å². The van der Waals surface area contributed by atoms with Crippen molar-refractivity contribution in [1.29, 1.82) is 0 Å². The summed E-state index contributed by atoms with van der Waals surface area (Å²) < 4.78 is 1.69. The molecule has 70 valence electrons. The number of carbonyl (C=O) groups is 2. The Kier molecular flexibility index (Phi) is 2.48. The van der Waals surface area contributed by atoms with E-state index in [0.29, 0.717) is 4.47 Å². The van der Waals surface area contributed by atoms with Gasteiger partial charge in [0.15, 0.2) is 0 Å². The van der Waals surface area contributed by atoms with Gasteiger partial charge in [-0.05, 0) is 0 Å². The predicted molar refractivity (Wildman–Crippen MR) is 53.1 cm³/mol. The van der Waals surface area contributed by atoms with Crippen LogP contribution < -0.4 is 9.78 Å². The van der Waals surface area contributed by atoms with Gasteiger partial charge in [-0.3, -0.25) is 0 Å². The van der Waals surface area contributed by atoms with Gasteiger partial charge in [0.1, 0.15) is 0 Å². The summed E-state index contributed by atoms with van der Waals surface area (Å²) in [6.45, 7) is 0. The summed E-state index contributed by atoms with van der Waals surface area (Å²) in [7, 11) is 0. The van der Waals surface area contributed by atoms with Gasteiger partial charge in [0.25, 0.3) is 0 Å². The second kappa shape index (κ2) is 3.78. The van der Waals surface area contributed by atoms with Crippen LogP contribution in [0, 0.1) is 0 Å². The number of carbonyl (C=O) groups excluding carboxylic acids is 2. The van der Waals surface area contributed by atoms with Crippen molar-refractivity contribution < 1.29 is 9.59 Å². The Balaban J connectivity index is 2.16. The molecule has 1 aromatic rings. The number of hydrogen-bond donors (Lipinski definition) is 1. The first kappa shape index (κ1) is 9.19. The zero-order chi connectivity index (χ0) is 9.97. The molecule has 1 aliphatic heterocycles. The van der Waals surface area contributed by atoms with Crippen LogP contribution in [-0.4, -0.2) is 26.8 Å².